The van der Waals surface area contributed by atoms with Crippen LogP contribution in [0.25, 0.3) is 0 Å². The summed E-state index contributed by atoms with van der Waals surface area (Å²) in [6.07, 6.45) is 7.58. The Bertz CT molecular complexity index is 1480. The van der Waals surface area contributed by atoms with Crippen LogP contribution < -0.4 is 16.0 Å². The summed E-state index contributed by atoms with van der Waals surface area (Å²) in [7, 11) is 0. The summed E-state index contributed by atoms with van der Waals surface area (Å²) in [5, 5.41) is 8.51. The Kier molecular flexibility index (Phi) is 6.75. The molecule has 1 aromatic carbocycles. The lowest BCUT2D eigenvalue weighted by atomic mass is 9.79. The number of fused-ring (bicyclic) bond motifs is 3. The van der Waals surface area contributed by atoms with Crippen LogP contribution in [0.2, 0.25) is 0 Å². The van der Waals surface area contributed by atoms with E-state index in [4.69, 9.17) is 0 Å². The Morgan fingerprint density at radius 1 is 1.00 bits per heavy atom. The molecule has 204 valence electrons. The number of nitrogens with one attached hydrogen (secondary N) is 3. The molecule has 10 nitrogen and oxygen atoms in total. The Labute approximate surface area is 231 Å². The van der Waals surface area contributed by atoms with Gasteiger partial charge in [-0.15, -0.1) is 0 Å². The highest BCUT2D eigenvalue weighted by molar-refractivity contribution is 6.06. The number of aromatic nitrogens is 2. The van der Waals surface area contributed by atoms with Gasteiger partial charge >= 0.3 is 0 Å². The number of hydrogen-bond acceptors (Lipinski definition) is 6. The van der Waals surface area contributed by atoms with Gasteiger partial charge in [-0.3, -0.25) is 24.2 Å². The van der Waals surface area contributed by atoms with Crippen molar-refractivity contribution in [1.29, 1.82) is 0 Å². The quantitative estimate of drug-likeness (QED) is 0.440. The van der Waals surface area contributed by atoms with E-state index < -0.39 is 5.41 Å². The summed E-state index contributed by atoms with van der Waals surface area (Å²) in [5.41, 5.74) is 3.87. The molecule has 3 aliphatic rings. The number of benzene rings is 1. The molecule has 1 unspecified atom stereocenters. The maximum atomic E-state index is 12.9. The fourth-order valence-electron chi connectivity index (χ4n) is 6.04. The van der Waals surface area contributed by atoms with Crippen molar-refractivity contribution >= 4 is 35.1 Å². The molecule has 3 N–H and O–H groups in total. The zero-order valence-electron chi connectivity index (χ0n) is 22.0. The van der Waals surface area contributed by atoms with Gasteiger partial charge in [-0.05, 0) is 72.7 Å². The van der Waals surface area contributed by atoms with Crippen LogP contribution in [0.1, 0.15) is 35.1 Å². The van der Waals surface area contributed by atoms with Crippen molar-refractivity contribution in [3.05, 3.63) is 83.3 Å². The van der Waals surface area contributed by atoms with Crippen molar-refractivity contribution in [1.82, 2.24) is 20.2 Å². The molecular formula is C30H30N6O4. The van der Waals surface area contributed by atoms with Crippen molar-refractivity contribution in [2.24, 2.45) is 5.92 Å². The van der Waals surface area contributed by atoms with Gasteiger partial charge in [0.1, 0.15) is 5.82 Å². The zero-order chi connectivity index (χ0) is 27.7. The third-order valence-electron chi connectivity index (χ3n) is 8.21. The van der Waals surface area contributed by atoms with E-state index in [0.29, 0.717) is 56.7 Å². The van der Waals surface area contributed by atoms with E-state index in [1.54, 1.807) is 23.5 Å². The maximum Gasteiger partial charge on any atom is 0.243 e. The number of likely N-dealkylation sites (tertiary alicyclic amines) is 1. The number of rotatable bonds is 6. The molecule has 40 heavy (non-hydrogen) atoms. The van der Waals surface area contributed by atoms with Gasteiger partial charge in [0.25, 0.3) is 0 Å². The third-order valence-corrected chi connectivity index (χ3v) is 8.21. The van der Waals surface area contributed by atoms with E-state index in [-0.39, 0.29) is 36.1 Å². The number of nitrogens with zero attached hydrogens (tertiary/aromatic N) is 3. The minimum Gasteiger partial charge on any atom is -0.347 e. The van der Waals surface area contributed by atoms with Gasteiger partial charge in [-0.1, -0.05) is 12.1 Å². The molecule has 3 aromatic rings. The molecule has 1 atom stereocenters. The zero-order valence-corrected chi connectivity index (χ0v) is 22.0. The van der Waals surface area contributed by atoms with Gasteiger partial charge in [0, 0.05) is 48.8 Å². The summed E-state index contributed by atoms with van der Waals surface area (Å²) in [6, 6.07) is 13.1. The fraction of sp³-hybridized carbons (Fsp3) is 0.333. The normalized spacial score (nSPS) is 19.6. The van der Waals surface area contributed by atoms with E-state index in [1.807, 2.05) is 42.5 Å². The molecule has 4 heterocycles. The van der Waals surface area contributed by atoms with Gasteiger partial charge in [0.15, 0.2) is 0 Å². The first-order chi connectivity index (χ1) is 19.4. The van der Waals surface area contributed by atoms with Crippen LogP contribution in [-0.2, 0) is 43.9 Å². The topological polar surface area (TPSA) is 133 Å². The number of carbonyl (C=O) groups excluding carboxylic acids is 4. The highest BCUT2D eigenvalue weighted by atomic mass is 16.2. The van der Waals surface area contributed by atoms with Crippen LogP contribution in [0.15, 0.2) is 61.1 Å². The number of piperidine rings is 1. The first kappa shape index (κ1) is 25.7. The van der Waals surface area contributed by atoms with Crippen molar-refractivity contribution < 1.29 is 19.2 Å². The van der Waals surface area contributed by atoms with E-state index in [2.05, 4.69) is 25.9 Å². The number of pyridine rings is 2. The van der Waals surface area contributed by atoms with Gasteiger partial charge < -0.3 is 20.9 Å². The van der Waals surface area contributed by atoms with Crippen molar-refractivity contribution in [2.75, 3.05) is 30.3 Å². The number of amides is 4. The highest BCUT2D eigenvalue weighted by Crippen LogP contribution is 2.46. The minimum atomic E-state index is -0.665. The lowest BCUT2D eigenvalue weighted by Crippen LogP contribution is -2.44. The van der Waals surface area contributed by atoms with Crippen LogP contribution in [-0.4, -0.2) is 58.1 Å². The lowest BCUT2D eigenvalue weighted by Gasteiger charge is -2.31. The molecule has 0 saturated carbocycles. The van der Waals surface area contributed by atoms with Crippen LogP contribution in [0.3, 0.4) is 0 Å². The average molecular weight is 539 g/mol. The lowest BCUT2D eigenvalue weighted by molar-refractivity contribution is -0.135. The van der Waals surface area contributed by atoms with E-state index in [0.717, 1.165) is 22.3 Å². The molecule has 6 rings (SSSR count). The summed E-state index contributed by atoms with van der Waals surface area (Å²) >= 11 is 0. The summed E-state index contributed by atoms with van der Waals surface area (Å²) in [4.78, 5) is 60.9. The Morgan fingerprint density at radius 3 is 2.58 bits per heavy atom. The SMILES string of the molecule is O=C(CNC(=O)C1CCN(C(=O)Cc2ccncc2)CC1)Nc1ccc2c(c1)CC1(C2)C(=O)Nc2ncccc21. The fourth-order valence-corrected chi connectivity index (χ4v) is 6.04. The number of anilines is 2. The number of hydrogen-bond donors (Lipinski definition) is 3. The largest absolute Gasteiger partial charge is 0.347 e. The predicted molar refractivity (Wildman–Crippen MR) is 147 cm³/mol. The van der Waals surface area contributed by atoms with E-state index >= 15 is 0 Å². The predicted octanol–water partition coefficient (Wildman–Crippen LogP) is 2.00. The minimum absolute atomic E-state index is 0.0409. The van der Waals surface area contributed by atoms with Crippen LogP contribution in [0.5, 0.6) is 0 Å². The molecule has 0 bridgehead atoms. The van der Waals surface area contributed by atoms with Crippen LogP contribution in [0.4, 0.5) is 11.5 Å². The van der Waals surface area contributed by atoms with Crippen LogP contribution in [0, 0.1) is 5.92 Å². The smallest absolute Gasteiger partial charge is 0.243 e. The average Bonchev–Trinajstić information content (AvgIpc) is 3.49. The van der Waals surface area contributed by atoms with Crippen LogP contribution >= 0.6 is 0 Å². The van der Waals surface area contributed by atoms with E-state index in [1.165, 1.54) is 0 Å². The first-order valence-corrected chi connectivity index (χ1v) is 13.5. The van der Waals surface area contributed by atoms with Gasteiger partial charge in [-0.25, -0.2) is 4.98 Å². The molecule has 4 amide bonds. The molecule has 1 spiro atoms. The molecule has 0 radical (unpaired) electrons. The molecule has 1 fully saturated rings. The third kappa shape index (κ3) is 4.92. The van der Waals surface area contributed by atoms with E-state index in [9.17, 15) is 19.2 Å². The molecular weight excluding hydrogens is 508 g/mol. The highest BCUT2D eigenvalue weighted by Gasteiger charge is 2.51. The van der Waals surface area contributed by atoms with Crippen molar-refractivity contribution in [2.45, 2.75) is 37.5 Å². The summed E-state index contributed by atoms with van der Waals surface area (Å²) in [5.74, 6) is -0.115. The monoisotopic (exact) mass is 538 g/mol. The Morgan fingerprint density at radius 2 is 1.77 bits per heavy atom. The van der Waals surface area contributed by atoms with Crippen molar-refractivity contribution in [3.63, 3.8) is 0 Å². The second-order valence-corrected chi connectivity index (χ2v) is 10.7. The summed E-state index contributed by atoms with van der Waals surface area (Å²) < 4.78 is 0. The Balaban J connectivity index is 0.982. The second kappa shape index (κ2) is 10.5. The molecule has 1 aliphatic carbocycles. The first-order valence-electron chi connectivity index (χ1n) is 13.5. The maximum absolute atomic E-state index is 12.9. The molecule has 10 heteroatoms. The summed E-state index contributed by atoms with van der Waals surface area (Å²) in [6.45, 7) is 0.898. The van der Waals surface area contributed by atoms with Gasteiger partial charge in [0.05, 0.1) is 18.4 Å². The molecule has 2 aromatic heterocycles. The van der Waals surface area contributed by atoms with Gasteiger partial charge in [-0.2, -0.15) is 0 Å². The molecule has 2 aliphatic heterocycles. The van der Waals surface area contributed by atoms with Crippen molar-refractivity contribution in [3.8, 4) is 0 Å². The van der Waals surface area contributed by atoms with Gasteiger partial charge in [0.2, 0.25) is 23.6 Å². The standard InChI is InChI=1S/C30H30N6O4/c37-25(18-33-28(39)20-7-12-36(13-8-20)26(38)14-19-5-10-31-11-6-19)34-23-4-3-21-16-30(17-22(21)15-23)24-2-1-9-32-27(24)35-29(30)40/h1-6,9-11,15,20H,7-8,12-14,16-18H2,(H,33,39)(H,34,37)(H,32,35,40). The number of carbonyl (C=O) groups is 4. The Hall–Kier alpha value is -4.60. The second-order valence-electron chi connectivity index (χ2n) is 10.7. The molecule has 1 saturated heterocycles.